The second-order valence-corrected chi connectivity index (χ2v) is 4.26. The van der Waals surface area contributed by atoms with Gasteiger partial charge in [-0.3, -0.25) is 4.79 Å². The number of carbonyl (C=O) groups excluding carboxylic acids is 1. The molecule has 3 heteroatoms. The molecule has 1 aliphatic heterocycles. The van der Waals surface area contributed by atoms with Crippen molar-refractivity contribution in [2.24, 2.45) is 5.92 Å². The van der Waals surface area contributed by atoms with Crippen LogP contribution in [-0.2, 0) is 9.53 Å². The van der Waals surface area contributed by atoms with E-state index in [1.165, 1.54) is 0 Å². The molecular weight excluding hydrogens is 216 g/mol. The summed E-state index contributed by atoms with van der Waals surface area (Å²) in [6, 6.07) is 7.63. The number of ketones is 1. The maximum absolute atomic E-state index is 11.7. The van der Waals surface area contributed by atoms with Crippen LogP contribution in [0.5, 0.6) is 5.75 Å². The Bertz CT molecular complexity index is 445. The third kappa shape index (κ3) is 2.33. The number of benzene rings is 1. The number of hydrogen-bond donors (Lipinski definition) is 0. The Morgan fingerprint density at radius 1 is 1.24 bits per heavy atom. The van der Waals surface area contributed by atoms with Gasteiger partial charge >= 0.3 is 0 Å². The van der Waals surface area contributed by atoms with Crippen LogP contribution in [0.25, 0.3) is 0 Å². The van der Waals surface area contributed by atoms with Crippen LogP contribution >= 0.6 is 0 Å². The van der Waals surface area contributed by atoms with Crippen LogP contribution in [0, 0.1) is 5.92 Å². The van der Waals surface area contributed by atoms with E-state index in [9.17, 15) is 4.79 Å². The molecule has 17 heavy (non-hydrogen) atoms. The quantitative estimate of drug-likeness (QED) is 0.786. The molecule has 1 aromatic rings. The lowest BCUT2D eigenvalue weighted by atomic mass is 9.91. The van der Waals surface area contributed by atoms with Crippen LogP contribution in [0.1, 0.15) is 25.5 Å². The van der Waals surface area contributed by atoms with Gasteiger partial charge < -0.3 is 9.47 Å². The van der Waals surface area contributed by atoms with Crippen molar-refractivity contribution >= 4 is 5.78 Å². The van der Waals surface area contributed by atoms with Crippen LogP contribution in [-0.4, -0.2) is 12.9 Å². The molecule has 0 aliphatic carbocycles. The molecule has 0 saturated carbocycles. The fourth-order valence-corrected chi connectivity index (χ4v) is 1.97. The molecule has 0 amide bonds. The zero-order valence-corrected chi connectivity index (χ0v) is 10.3. The van der Waals surface area contributed by atoms with E-state index in [4.69, 9.17) is 9.47 Å². The van der Waals surface area contributed by atoms with E-state index in [1.807, 2.05) is 31.2 Å². The monoisotopic (exact) mass is 232 g/mol. The van der Waals surface area contributed by atoms with Crippen molar-refractivity contribution in [1.29, 1.82) is 0 Å². The molecule has 0 aromatic heterocycles. The Hall–Kier alpha value is -1.77. The van der Waals surface area contributed by atoms with Crippen LogP contribution in [0.3, 0.4) is 0 Å². The van der Waals surface area contributed by atoms with E-state index in [2.05, 4.69) is 0 Å². The van der Waals surface area contributed by atoms with Gasteiger partial charge in [0.15, 0.2) is 5.78 Å². The lowest BCUT2D eigenvalue weighted by molar-refractivity contribution is -0.124. The second kappa shape index (κ2) is 4.62. The van der Waals surface area contributed by atoms with E-state index in [0.717, 1.165) is 11.3 Å². The predicted molar refractivity (Wildman–Crippen MR) is 64.7 cm³/mol. The van der Waals surface area contributed by atoms with Crippen LogP contribution in [0.2, 0.25) is 0 Å². The van der Waals surface area contributed by atoms with Gasteiger partial charge in [-0.25, -0.2) is 0 Å². The van der Waals surface area contributed by atoms with Crippen molar-refractivity contribution < 1.29 is 14.3 Å². The summed E-state index contributed by atoms with van der Waals surface area (Å²) in [6.07, 6.45) is 1.36. The average Bonchev–Trinajstić information content (AvgIpc) is 2.34. The molecule has 0 spiro atoms. The van der Waals surface area contributed by atoms with Crippen molar-refractivity contribution in [2.75, 3.05) is 7.11 Å². The van der Waals surface area contributed by atoms with Gasteiger partial charge in [0, 0.05) is 6.08 Å². The minimum Gasteiger partial charge on any atom is -0.497 e. The summed E-state index contributed by atoms with van der Waals surface area (Å²) in [5.41, 5.74) is 0.999. The predicted octanol–water partition coefficient (Wildman–Crippen LogP) is 2.88. The Labute approximate surface area is 101 Å². The first kappa shape index (κ1) is 11.7. The van der Waals surface area contributed by atoms with Crippen LogP contribution in [0.15, 0.2) is 36.1 Å². The standard InChI is InChI=1S/C14H16O3/c1-9-8-13(15)10(2)14(17-9)11-4-6-12(16-3)7-5-11/h4-8,10,14H,1-3H3/t10-,14-/m0/s1. The largest absolute Gasteiger partial charge is 0.497 e. The lowest BCUT2D eigenvalue weighted by Crippen LogP contribution is -2.24. The van der Waals surface area contributed by atoms with Crippen LogP contribution in [0.4, 0.5) is 0 Å². The zero-order chi connectivity index (χ0) is 12.4. The van der Waals surface area contributed by atoms with Gasteiger partial charge in [-0.1, -0.05) is 19.1 Å². The third-order valence-electron chi connectivity index (χ3n) is 3.01. The Morgan fingerprint density at radius 2 is 1.88 bits per heavy atom. The summed E-state index contributed by atoms with van der Waals surface area (Å²) >= 11 is 0. The minimum absolute atomic E-state index is 0.120. The van der Waals surface area contributed by atoms with E-state index in [-0.39, 0.29) is 17.8 Å². The highest BCUT2D eigenvalue weighted by Crippen LogP contribution is 2.33. The van der Waals surface area contributed by atoms with Crippen molar-refractivity contribution in [3.8, 4) is 5.75 Å². The number of rotatable bonds is 2. The highest BCUT2D eigenvalue weighted by molar-refractivity contribution is 5.93. The number of ether oxygens (including phenoxy) is 2. The summed E-state index contributed by atoms with van der Waals surface area (Å²) in [4.78, 5) is 11.7. The Morgan fingerprint density at radius 3 is 2.47 bits per heavy atom. The third-order valence-corrected chi connectivity index (χ3v) is 3.01. The average molecular weight is 232 g/mol. The van der Waals surface area contributed by atoms with Gasteiger partial charge in [-0.15, -0.1) is 0 Å². The number of hydrogen-bond acceptors (Lipinski definition) is 3. The maximum atomic E-state index is 11.7. The fraction of sp³-hybridized carbons (Fsp3) is 0.357. The normalized spacial score (nSPS) is 23.9. The summed E-state index contributed by atoms with van der Waals surface area (Å²) in [5, 5.41) is 0. The van der Waals surface area contributed by atoms with E-state index < -0.39 is 0 Å². The molecule has 0 bridgehead atoms. The minimum atomic E-state index is -0.196. The summed E-state index contributed by atoms with van der Waals surface area (Å²) in [7, 11) is 1.63. The maximum Gasteiger partial charge on any atom is 0.165 e. The highest BCUT2D eigenvalue weighted by Gasteiger charge is 2.29. The molecule has 90 valence electrons. The zero-order valence-electron chi connectivity index (χ0n) is 10.3. The SMILES string of the molecule is COc1ccc([C@H]2OC(C)=CC(=O)[C@@H]2C)cc1. The van der Waals surface area contributed by atoms with Gasteiger partial charge in [0.05, 0.1) is 18.8 Å². The van der Waals surface area contributed by atoms with Gasteiger partial charge in [-0.2, -0.15) is 0 Å². The summed E-state index contributed by atoms with van der Waals surface area (Å²) in [5.74, 6) is 1.45. The molecule has 2 rings (SSSR count). The molecule has 0 radical (unpaired) electrons. The fourth-order valence-electron chi connectivity index (χ4n) is 1.97. The molecule has 1 aliphatic rings. The van der Waals surface area contributed by atoms with Crippen molar-refractivity contribution in [3.05, 3.63) is 41.7 Å². The van der Waals surface area contributed by atoms with Crippen LogP contribution < -0.4 is 4.74 Å². The van der Waals surface area contributed by atoms with Crippen molar-refractivity contribution in [1.82, 2.24) is 0 Å². The Balaban J connectivity index is 2.27. The molecule has 1 aromatic carbocycles. The number of allylic oxidation sites excluding steroid dienone is 2. The first-order valence-corrected chi connectivity index (χ1v) is 5.64. The number of methoxy groups -OCH3 is 1. The Kier molecular flexibility index (Phi) is 3.18. The highest BCUT2D eigenvalue weighted by atomic mass is 16.5. The van der Waals surface area contributed by atoms with E-state index in [0.29, 0.717) is 5.76 Å². The molecule has 0 N–H and O–H groups in total. The first-order chi connectivity index (χ1) is 8.11. The molecule has 1 heterocycles. The molecule has 0 unspecified atom stereocenters. The molecule has 0 fully saturated rings. The van der Waals surface area contributed by atoms with Gasteiger partial charge in [0.25, 0.3) is 0 Å². The van der Waals surface area contributed by atoms with Gasteiger partial charge in [-0.05, 0) is 24.6 Å². The second-order valence-electron chi connectivity index (χ2n) is 4.26. The van der Waals surface area contributed by atoms with Crippen molar-refractivity contribution in [3.63, 3.8) is 0 Å². The topological polar surface area (TPSA) is 35.5 Å². The molecular formula is C14H16O3. The number of carbonyl (C=O) groups is 1. The van der Waals surface area contributed by atoms with Crippen molar-refractivity contribution in [2.45, 2.75) is 20.0 Å². The van der Waals surface area contributed by atoms with Gasteiger partial charge in [0.1, 0.15) is 11.9 Å². The first-order valence-electron chi connectivity index (χ1n) is 5.64. The lowest BCUT2D eigenvalue weighted by Gasteiger charge is -2.28. The van der Waals surface area contributed by atoms with E-state index in [1.54, 1.807) is 20.1 Å². The summed E-state index contributed by atoms with van der Waals surface area (Å²) in [6.45, 7) is 3.69. The van der Waals surface area contributed by atoms with E-state index >= 15 is 0 Å². The van der Waals surface area contributed by atoms with Gasteiger partial charge in [0.2, 0.25) is 0 Å². The summed E-state index contributed by atoms with van der Waals surface area (Å²) < 4.78 is 10.8. The molecule has 0 saturated heterocycles. The molecule has 2 atom stereocenters. The smallest absolute Gasteiger partial charge is 0.165 e. The molecule has 3 nitrogen and oxygen atoms in total.